The summed E-state index contributed by atoms with van der Waals surface area (Å²) in [6, 6.07) is 4.79. The number of carbonyl (C=O) groups is 1. The van der Waals surface area contributed by atoms with E-state index in [1.54, 1.807) is 19.1 Å². The highest BCUT2D eigenvalue weighted by Gasteiger charge is 2.20. The lowest BCUT2D eigenvalue weighted by molar-refractivity contribution is -0.385. The number of carbonyl (C=O) groups excluding carboxylic acids is 1. The molecule has 21 heavy (non-hydrogen) atoms. The SMILES string of the molecule is Cc1c(CNC(=O)[C@H]2CCCCN2)cccc1[N+](=O)[O-].Cl. The summed E-state index contributed by atoms with van der Waals surface area (Å²) >= 11 is 0. The van der Waals surface area contributed by atoms with E-state index in [9.17, 15) is 14.9 Å². The summed E-state index contributed by atoms with van der Waals surface area (Å²) in [5, 5.41) is 16.9. The zero-order valence-electron chi connectivity index (χ0n) is 11.9. The van der Waals surface area contributed by atoms with Crippen LogP contribution in [0, 0.1) is 17.0 Å². The Labute approximate surface area is 129 Å². The molecule has 1 aliphatic heterocycles. The highest BCUT2D eigenvalue weighted by Crippen LogP contribution is 2.20. The predicted octanol–water partition coefficient (Wildman–Crippen LogP) is 2.08. The van der Waals surface area contributed by atoms with Gasteiger partial charge in [-0.05, 0) is 31.9 Å². The number of rotatable bonds is 4. The van der Waals surface area contributed by atoms with Gasteiger partial charge in [0, 0.05) is 18.2 Å². The molecule has 1 aromatic rings. The summed E-state index contributed by atoms with van der Waals surface area (Å²) in [7, 11) is 0. The molecule has 7 heteroatoms. The number of hydrogen-bond acceptors (Lipinski definition) is 4. The number of nitrogens with zero attached hydrogens (tertiary/aromatic N) is 1. The van der Waals surface area contributed by atoms with Crippen LogP contribution in [0.3, 0.4) is 0 Å². The molecule has 1 aliphatic rings. The molecule has 1 heterocycles. The second kappa shape index (κ2) is 7.95. The van der Waals surface area contributed by atoms with Gasteiger partial charge in [-0.15, -0.1) is 12.4 Å². The maximum atomic E-state index is 12.0. The Morgan fingerprint density at radius 3 is 2.86 bits per heavy atom. The molecule has 116 valence electrons. The Morgan fingerprint density at radius 2 is 2.24 bits per heavy atom. The third-order valence-electron chi connectivity index (χ3n) is 3.69. The van der Waals surface area contributed by atoms with E-state index in [4.69, 9.17) is 0 Å². The van der Waals surface area contributed by atoms with Crippen molar-refractivity contribution in [3.63, 3.8) is 0 Å². The minimum absolute atomic E-state index is 0. The molecular formula is C14H20ClN3O3. The quantitative estimate of drug-likeness (QED) is 0.658. The van der Waals surface area contributed by atoms with E-state index < -0.39 is 4.92 Å². The van der Waals surface area contributed by atoms with Crippen molar-refractivity contribution in [2.24, 2.45) is 0 Å². The third-order valence-corrected chi connectivity index (χ3v) is 3.69. The Kier molecular flexibility index (Phi) is 6.58. The second-order valence-corrected chi connectivity index (χ2v) is 5.04. The van der Waals surface area contributed by atoms with Crippen molar-refractivity contribution < 1.29 is 9.72 Å². The number of halogens is 1. The molecule has 1 atom stereocenters. The molecule has 0 unspecified atom stereocenters. The summed E-state index contributed by atoms with van der Waals surface area (Å²) in [6.07, 6.45) is 3.01. The van der Waals surface area contributed by atoms with Crippen LogP contribution in [0.15, 0.2) is 18.2 Å². The molecule has 1 amide bonds. The molecule has 0 aromatic heterocycles. The van der Waals surface area contributed by atoms with Crippen molar-refractivity contribution in [3.05, 3.63) is 39.4 Å². The largest absolute Gasteiger partial charge is 0.351 e. The van der Waals surface area contributed by atoms with Crippen LogP contribution in [0.1, 0.15) is 30.4 Å². The van der Waals surface area contributed by atoms with Crippen LogP contribution in [-0.4, -0.2) is 23.4 Å². The molecule has 0 saturated carbocycles. The minimum Gasteiger partial charge on any atom is -0.351 e. The number of amides is 1. The van der Waals surface area contributed by atoms with Crippen LogP contribution < -0.4 is 10.6 Å². The molecule has 2 rings (SSSR count). The van der Waals surface area contributed by atoms with Gasteiger partial charge < -0.3 is 10.6 Å². The first-order valence-electron chi connectivity index (χ1n) is 6.83. The lowest BCUT2D eigenvalue weighted by Crippen LogP contribution is -2.46. The van der Waals surface area contributed by atoms with E-state index in [0.717, 1.165) is 31.4 Å². The van der Waals surface area contributed by atoms with Gasteiger partial charge in [-0.3, -0.25) is 14.9 Å². The van der Waals surface area contributed by atoms with Crippen LogP contribution in [0.2, 0.25) is 0 Å². The average molecular weight is 314 g/mol. The monoisotopic (exact) mass is 313 g/mol. The Hall–Kier alpha value is -1.66. The molecular weight excluding hydrogens is 294 g/mol. The molecule has 0 bridgehead atoms. The topological polar surface area (TPSA) is 84.3 Å². The lowest BCUT2D eigenvalue weighted by atomic mass is 10.0. The van der Waals surface area contributed by atoms with Crippen LogP contribution in [-0.2, 0) is 11.3 Å². The summed E-state index contributed by atoms with van der Waals surface area (Å²) in [5.41, 5.74) is 1.48. The van der Waals surface area contributed by atoms with E-state index in [-0.39, 0.29) is 30.0 Å². The normalized spacial score (nSPS) is 17.7. The first-order valence-corrected chi connectivity index (χ1v) is 6.83. The molecule has 2 N–H and O–H groups in total. The fourth-order valence-corrected chi connectivity index (χ4v) is 2.44. The Balaban J connectivity index is 0.00000220. The summed E-state index contributed by atoms with van der Waals surface area (Å²) in [5.74, 6) is -0.0318. The van der Waals surface area contributed by atoms with Gasteiger partial charge in [-0.1, -0.05) is 18.6 Å². The van der Waals surface area contributed by atoms with E-state index in [1.165, 1.54) is 6.07 Å². The van der Waals surface area contributed by atoms with E-state index in [1.807, 2.05) is 0 Å². The number of nitro groups is 1. The van der Waals surface area contributed by atoms with Gasteiger partial charge >= 0.3 is 0 Å². The number of hydrogen-bond donors (Lipinski definition) is 2. The fourth-order valence-electron chi connectivity index (χ4n) is 2.44. The summed E-state index contributed by atoms with van der Waals surface area (Å²) < 4.78 is 0. The molecule has 1 saturated heterocycles. The summed E-state index contributed by atoms with van der Waals surface area (Å²) in [6.45, 7) is 2.90. The van der Waals surface area contributed by atoms with Crippen LogP contribution in [0.4, 0.5) is 5.69 Å². The first kappa shape index (κ1) is 17.4. The van der Waals surface area contributed by atoms with Gasteiger partial charge in [0.25, 0.3) is 5.69 Å². The van der Waals surface area contributed by atoms with Crippen molar-refractivity contribution in [2.45, 2.75) is 38.8 Å². The molecule has 1 aromatic carbocycles. The highest BCUT2D eigenvalue weighted by atomic mass is 35.5. The van der Waals surface area contributed by atoms with Gasteiger partial charge in [0.15, 0.2) is 0 Å². The van der Waals surface area contributed by atoms with Crippen LogP contribution in [0.25, 0.3) is 0 Å². The molecule has 0 radical (unpaired) electrons. The Morgan fingerprint density at radius 1 is 1.48 bits per heavy atom. The van der Waals surface area contributed by atoms with E-state index >= 15 is 0 Å². The standard InChI is InChI=1S/C14H19N3O3.ClH/c1-10-11(5-4-7-13(10)17(19)20)9-16-14(18)12-6-2-3-8-15-12;/h4-5,7,12,15H,2-3,6,8-9H2,1H3,(H,16,18);1H/t12-;/m1./s1. The van der Waals surface area contributed by atoms with E-state index in [0.29, 0.717) is 12.1 Å². The van der Waals surface area contributed by atoms with Crippen molar-refractivity contribution in [2.75, 3.05) is 6.54 Å². The van der Waals surface area contributed by atoms with Gasteiger partial charge in [-0.2, -0.15) is 0 Å². The van der Waals surface area contributed by atoms with Gasteiger partial charge in [0.2, 0.25) is 5.91 Å². The maximum absolute atomic E-state index is 12.0. The zero-order chi connectivity index (χ0) is 14.5. The molecule has 1 fully saturated rings. The van der Waals surface area contributed by atoms with Gasteiger partial charge in [0.05, 0.1) is 11.0 Å². The van der Waals surface area contributed by atoms with E-state index in [2.05, 4.69) is 10.6 Å². The van der Waals surface area contributed by atoms with Crippen molar-refractivity contribution in [1.29, 1.82) is 0 Å². The lowest BCUT2D eigenvalue weighted by Gasteiger charge is -2.22. The number of benzene rings is 1. The van der Waals surface area contributed by atoms with Crippen LogP contribution >= 0.6 is 12.4 Å². The predicted molar refractivity (Wildman–Crippen MR) is 82.6 cm³/mol. The van der Waals surface area contributed by atoms with Crippen molar-refractivity contribution in [1.82, 2.24) is 10.6 Å². The van der Waals surface area contributed by atoms with Gasteiger partial charge in [0.1, 0.15) is 0 Å². The second-order valence-electron chi connectivity index (χ2n) is 5.04. The number of nitrogens with one attached hydrogen (secondary N) is 2. The van der Waals surface area contributed by atoms with Crippen LogP contribution in [0.5, 0.6) is 0 Å². The molecule has 0 aliphatic carbocycles. The average Bonchev–Trinajstić information content (AvgIpc) is 2.46. The third kappa shape index (κ3) is 4.41. The zero-order valence-corrected chi connectivity index (χ0v) is 12.7. The minimum atomic E-state index is -0.399. The number of piperidine rings is 1. The fraction of sp³-hybridized carbons (Fsp3) is 0.500. The van der Waals surface area contributed by atoms with Gasteiger partial charge in [-0.25, -0.2) is 0 Å². The highest BCUT2D eigenvalue weighted by molar-refractivity contribution is 5.85. The first-order chi connectivity index (χ1) is 9.59. The molecule has 6 nitrogen and oxygen atoms in total. The Bertz CT molecular complexity index is 516. The van der Waals surface area contributed by atoms with Crippen molar-refractivity contribution in [3.8, 4) is 0 Å². The smallest absolute Gasteiger partial charge is 0.272 e. The van der Waals surface area contributed by atoms with Crippen molar-refractivity contribution >= 4 is 24.0 Å². The molecule has 0 spiro atoms. The maximum Gasteiger partial charge on any atom is 0.272 e. The summed E-state index contributed by atoms with van der Waals surface area (Å²) in [4.78, 5) is 22.5. The number of nitro benzene ring substituents is 1.